The molecule has 2 heterocycles. The van der Waals surface area contributed by atoms with E-state index < -0.39 is 5.41 Å². The maximum atomic E-state index is 13.2. The van der Waals surface area contributed by atoms with Crippen molar-refractivity contribution in [3.8, 4) is 11.1 Å². The van der Waals surface area contributed by atoms with Crippen LogP contribution in [0.2, 0.25) is 0 Å². The Hall–Kier alpha value is -3.41. The predicted octanol–water partition coefficient (Wildman–Crippen LogP) is 3.90. The van der Waals surface area contributed by atoms with Crippen LogP contribution in [0.1, 0.15) is 40.5 Å². The number of carbonyl (C=O) groups excluding carboxylic acids is 2. The fraction of sp³-hybridized carbons (Fsp3) is 0.346. The number of aromatic amines is 1. The van der Waals surface area contributed by atoms with E-state index in [0.717, 1.165) is 22.4 Å². The summed E-state index contributed by atoms with van der Waals surface area (Å²) in [6, 6.07) is 16.8. The molecule has 2 aromatic carbocycles. The van der Waals surface area contributed by atoms with Gasteiger partial charge in [-0.3, -0.25) is 14.7 Å². The van der Waals surface area contributed by atoms with Crippen LogP contribution in [-0.2, 0) is 11.2 Å². The molecule has 0 spiro atoms. The zero-order valence-corrected chi connectivity index (χ0v) is 18.9. The first kappa shape index (κ1) is 21.8. The fourth-order valence-corrected chi connectivity index (χ4v) is 4.54. The van der Waals surface area contributed by atoms with Gasteiger partial charge < -0.3 is 10.2 Å². The number of benzene rings is 2. The molecule has 1 fully saturated rings. The SMILES string of the molecule is CCNC(=O)[C@]1(Cc2cccc(-c3ccc(C)cc3)c2)CCN(C(=O)c2cn[nH]c2C)C1. The third-order valence-corrected chi connectivity index (χ3v) is 6.37. The standard InChI is InChI=1S/C26H30N4O2/c1-4-27-25(32)26(12-13-30(17-26)24(31)23-16-28-29-19(23)3)15-20-6-5-7-22(14-20)21-10-8-18(2)9-11-21/h5-11,14,16H,4,12-13,15,17H2,1-3H3,(H,27,32)(H,28,29)/t26-/m0/s1. The highest BCUT2D eigenvalue weighted by atomic mass is 16.2. The fourth-order valence-electron chi connectivity index (χ4n) is 4.54. The Morgan fingerprint density at radius 2 is 1.91 bits per heavy atom. The lowest BCUT2D eigenvalue weighted by Gasteiger charge is -2.28. The lowest BCUT2D eigenvalue weighted by molar-refractivity contribution is -0.130. The molecule has 0 aliphatic carbocycles. The smallest absolute Gasteiger partial charge is 0.257 e. The van der Waals surface area contributed by atoms with Crippen LogP contribution in [0.15, 0.2) is 54.7 Å². The summed E-state index contributed by atoms with van der Waals surface area (Å²) in [6.45, 7) is 7.36. The van der Waals surface area contributed by atoms with Crippen molar-refractivity contribution in [1.29, 1.82) is 0 Å². The maximum absolute atomic E-state index is 13.2. The molecule has 0 saturated carbocycles. The Bertz CT molecular complexity index is 1120. The summed E-state index contributed by atoms with van der Waals surface area (Å²) in [5, 5.41) is 9.81. The largest absolute Gasteiger partial charge is 0.356 e. The molecule has 32 heavy (non-hydrogen) atoms. The second-order valence-corrected chi connectivity index (χ2v) is 8.77. The van der Waals surface area contributed by atoms with Crippen LogP contribution in [0.25, 0.3) is 11.1 Å². The molecular weight excluding hydrogens is 400 g/mol. The van der Waals surface area contributed by atoms with Gasteiger partial charge in [-0.2, -0.15) is 5.10 Å². The zero-order chi connectivity index (χ0) is 22.7. The summed E-state index contributed by atoms with van der Waals surface area (Å²) >= 11 is 0. The van der Waals surface area contributed by atoms with Gasteiger partial charge >= 0.3 is 0 Å². The molecule has 0 unspecified atom stereocenters. The number of aromatic nitrogens is 2. The van der Waals surface area contributed by atoms with Gasteiger partial charge in [0.25, 0.3) is 5.91 Å². The van der Waals surface area contributed by atoms with Crippen LogP contribution in [0.3, 0.4) is 0 Å². The summed E-state index contributed by atoms with van der Waals surface area (Å²) in [4.78, 5) is 28.1. The predicted molar refractivity (Wildman–Crippen MR) is 125 cm³/mol. The topological polar surface area (TPSA) is 78.1 Å². The molecule has 1 saturated heterocycles. The molecule has 166 valence electrons. The van der Waals surface area contributed by atoms with Gasteiger partial charge in [0.2, 0.25) is 5.91 Å². The minimum Gasteiger partial charge on any atom is -0.356 e. The first-order valence-electron chi connectivity index (χ1n) is 11.2. The second kappa shape index (κ2) is 8.99. The molecule has 6 heteroatoms. The van der Waals surface area contributed by atoms with E-state index in [4.69, 9.17) is 0 Å². The molecule has 2 N–H and O–H groups in total. The average Bonchev–Trinajstić information content (AvgIpc) is 3.41. The number of hydrogen-bond acceptors (Lipinski definition) is 3. The van der Waals surface area contributed by atoms with Gasteiger partial charge in [0.1, 0.15) is 0 Å². The molecule has 6 nitrogen and oxygen atoms in total. The lowest BCUT2D eigenvalue weighted by Crippen LogP contribution is -2.45. The molecule has 0 radical (unpaired) electrons. The Morgan fingerprint density at radius 1 is 1.12 bits per heavy atom. The molecular formula is C26H30N4O2. The van der Waals surface area contributed by atoms with Crippen molar-refractivity contribution in [3.63, 3.8) is 0 Å². The normalized spacial score (nSPS) is 18.0. The van der Waals surface area contributed by atoms with E-state index in [0.29, 0.717) is 38.0 Å². The highest BCUT2D eigenvalue weighted by molar-refractivity contribution is 5.96. The number of nitrogens with zero attached hydrogens (tertiary/aromatic N) is 2. The number of nitrogens with one attached hydrogen (secondary N) is 2. The molecule has 4 rings (SSSR count). The van der Waals surface area contributed by atoms with Crippen molar-refractivity contribution in [2.45, 2.75) is 33.6 Å². The van der Waals surface area contributed by atoms with Crippen molar-refractivity contribution < 1.29 is 9.59 Å². The monoisotopic (exact) mass is 430 g/mol. The third-order valence-electron chi connectivity index (χ3n) is 6.37. The second-order valence-electron chi connectivity index (χ2n) is 8.77. The minimum atomic E-state index is -0.644. The van der Waals surface area contributed by atoms with E-state index >= 15 is 0 Å². The highest BCUT2D eigenvalue weighted by Crippen LogP contribution is 2.36. The molecule has 1 atom stereocenters. The molecule has 1 aliphatic rings. The number of rotatable bonds is 6. The van der Waals surface area contributed by atoms with E-state index in [1.165, 1.54) is 5.56 Å². The Morgan fingerprint density at radius 3 is 2.59 bits per heavy atom. The van der Waals surface area contributed by atoms with Crippen molar-refractivity contribution in [3.05, 3.63) is 77.1 Å². The molecule has 1 aromatic heterocycles. The molecule has 2 amide bonds. The van der Waals surface area contributed by atoms with Crippen LogP contribution < -0.4 is 5.32 Å². The number of H-pyrrole nitrogens is 1. The number of amides is 2. The van der Waals surface area contributed by atoms with Crippen molar-refractivity contribution in [2.24, 2.45) is 5.41 Å². The lowest BCUT2D eigenvalue weighted by atomic mass is 9.79. The third kappa shape index (κ3) is 4.31. The van der Waals surface area contributed by atoms with Crippen LogP contribution in [0, 0.1) is 19.3 Å². The van der Waals surface area contributed by atoms with Crippen LogP contribution in [0.5, 0.6) is 0 Å². The van der Waals surface area contributed by atoms with Gasteiger partial charge in [-0.1, -0.05) is 54.1 Å². The Labute approximate surface area is 189 Å². The van der Waals surface area contributed by atoms with E-state index in [-0.39, 0.29) is 11.8 Å². The van der Waals surface area contributed by atoms with E-state index in [1.54, 1.807) is 11.1 Å². The summed E-state index contributed by atoms with van der Waals surface area (Å²) in [5.41, 5.74) is 5.28. The van der Waals surface area contributed by atoms with E-state index in [9.17, 15) is 9.59 Å². The van der Waals surface area contributed by atoms with Gasteiger partial charge in [0.15, 0.2) is 0 Å². The number of carbonyl (C=O) groups is 2. The summed E-state index contributed by atoms with van der Waals surface area (Å²) in [7, 11) is 0. The minimum absolute atomic E-state index is 0.0138. The average molecular weight is 431 g/mol. The quantitative estimate of drug-likeness (QED) is 0.623. The molecule has 3 aromatic rings. The number of likely N-dealkylation sites (tertiary alicyclic amines) is 1. The Balaban J connectivity index is 1.60. The zero-order valence-electron chi connectivity index (χ0n) is 18.9. The molecule has 1 aliphatic heterocycles. The van der Waals surface area contributed by atoms with Crippen LogP contribution in [-0.4, -0.2) is 46.5 Å². The maximum Gasteiger partial charge on any atom is 0.257 e. The number of hydrogen-bond donors (Lipinski definition) is 2. The molecule has 0 bridgehead atoms. The van der Waals surface area contributed by atoms with Gasteiger partial charge in [-0.25, -0.2) is 0 Å². The summed E-state index contributed by atoms with van der Waals surface area (Å²) < 4.78 is 0. The first-order chi connectivity index (χ1) is 15.4. The van der Waals surface area contributed by atoms with Gasteiger partial charge in [-0.05, 0) is 50.3 Å². The van der Waals surface area contributed by atoms with Crippen LogP contribution >= 0.6 is 0 Å². The summed E-state index contributed by atoms with van der Waals surface area (Å²) in [6.07, 6.45) is 2.79. The van der Waals surface area contributed by atoms with Crippen molar-refractivity contribution in [1.82, 2.24) is 20.4 Å². The van der Waals surface area contributed by atoms with Crippen LogP contribution in [0.4, 0.5) is 0 Å². The van der Waals surface area contributed by atoms with Gasteiger partial charge in [-0.15, -0.1) is 0 Å². The van der Waals surface area contributed by atoms with Gasteiger partial charge in [0.05, 0.1) is 17.2 Å². The van der Waals surface area contributed by atoms with E-state index in [2.05, 4.69) is 64.9 Å². The number of aryl methyl sites for hydroxylation is 2. The summed E-state index contributed by atoms with van der Waals surface area (Å²) in [5.74, 6) is -0.0595. The van der Waals surface area contributed by atoms with Crippen molar-refractivity contribution >= 4 is 11.8 Å². The first-order valence-corrected chi connectivity index (χ1v) is 11.2. The van der Waals surface area contributed by atoms with Gasteiger partial charge in [0, 0.05) is 25.3 Å². The Kier molecular flexibility index (Phi) is 6.12. The highest BCUT2D eigenvalue weighted by Gasteiger charge is 2.46. The van der Waals surface area contributed by atoms with Crippen molar-refractivity contribution in [2.75, 3.05) is 19.6 Å². The van der Waals surface area contributed by atoms with E-state index in [1.807, 2.05) is 19.9 Å².